The minimum Gasteiger partial charge on any atom is -0.507 e. The number of aromatic nitrogens is 2. The summed E-state index contributed by atoms with van der Waals surface area (Å²) in [5.74, 6) is -2.12. The molecule has 2 atom stereocenters. The normalized spacial score (nSPS) is 19.6. The molecule has 7 nitrogen and oxygen atoms in total. The third-order valence-electron chi connectivity index (χ3n) is 6.69. The van der Waals surface area contributed by atoms with E-state index in [0.29, 0.717) is 27.8 Å². The van der Waals surface area contributed by atoms with Gasteiger partial charge in [-0.05, 0) is 54.4 Å². The third kappa shape index (κ3) is 4.75. The molecule has 0 spiro atoms. The molecule has 0 saturated carbocycles. The summed E-state index contributed by atoms with van der Waals surface area (Å²) in [4.78, 5) is 27.9. The molecular weight excluding hydrogens is 556 g/mol. The summed E-state index contributed by atoms with van der Waals surface area (Å²) >= 11 is 2.39. The second-order valence-electron chi connectivity index (χ2n) is 9.41. The number of aliphatic hydroxyl groups is 1. The molecule has 2 aliphatic rings. The number of amides is 1. The third-order valence-corrected chi connectivity index (χ3v) is 8.82. The van der Waals surface area contributed by atoms with Gasteiger partial charge < -0.3 is 9.84 Å². The van der Waals surface area contributed by atoms with Crippen molar-refractivity contribution in [3.05, 3.63) is 106 Å². The molecule has 0 bridgehead atoms. The number of halogens is 2. The number of thioether (sulfide) groups is 1. The maximum atomic E-state index is 15.2. The predicted octanol–water partition coefficient (Wildman–Crippen LogP) is 6.06. The summed E-state index contributed by atoms with van der Waals surface area (Å²) in [5, 5.41) is 19.7. The topological polar surface area (TPSA) is 92.6 Å². The molecule has 4 aromatic rings. The molecule has 202 valence electrons. The van der Waals surface area contributed by atoms with E-state index < -0.39 is 29.3 Å². The molecule has 1 aromatic heterocycles. The Morgan fingerprint density at radius 3 is 2.65 bits per heavy atom. The summed E-state index contributed by atoms with van der Waals surface area (Å²) in [7, 11) is 0. The SMILES string of the molecule is C[C@@H]1Cc2cc(/C(O)=C3\C(=O)C(=O)N(c4nnc(SCc5ccc(F)cc5)s4)[C@H]3c3ccccc3F)ccc2O1. The standard InChI is InChI=1S/C29H21F2N3O4S2/c1-15-12-18-13-17(8-11-22(18)38-15)25(35)23-24(20-4-2-3-5-21(20)31)34(27(37)26(23)36)28-32-33-29(40-28)39-14-16-6-9-19(30)10-7-16/h2-11,13,15,24,35H,12,14H2,1H3/b25-23+/t15-,24+/m1/s1. The van der Waals surface area contributed by atoms with Crippen LogP contribution in [-0.4, -0.2) is 33.1 Å². The number of hydrogen-bond donors (Lipinski definition) is 1. The molecule has 0 radical (unpaired) electrons. The summed E-state index contributed by atoms with van der Waals surface area (Å²) < 4.78 is 34.6. The largest absolute Gasteiger partial charge is 0.507 e. The number of aliphatic hydroxyl groups excluding tert-OH is 1. The van der Waals surface area contributed by atoms with Crippen LogP contribution in [0.4, 0.5) is 13.9 Å². The molecule has 3 heterocycles. The summed E-state index contributed by atoms with van der Waals surface area (Å²) in [6, 6.07) is 15.6. The van der Waals surface area contributed by atoms with E-state index in [4.69, 9.17) is 4.74 Å². The number of hydrogen-bond acceptors (Lipinski definition) is 8. The Kier molecular flexibility index (Phi) is 6.85. The maximum Gasteiger partial charge on any atom is 0.301 e. The number of carbonyl (C=O) groups excluding carboxylic acids is 2. The van der Waals surface area contributed by atoms with Gasteiger partial charge in [-0.2, -0.15) is 0 Å². The lowest BCUT2D eigenvalue weighted by atomic mass is 9.94. The first-order chi connectivity index (χ1) is 19.3. The molecule has 0 aliphatic carbocycles. The second kappa shape index (κ2) is 10.5. The number of fused-ring (bicyclic) bond motifs is 1. The van der Waals surface area contributed by atoms with Crippen LogP contribution in [0, 0.1) is 11.6 Å². The van der Waals surface area contributed by atoms with Crippen LogP contribution in [0.5, 0.6) is 5.75 Å². The highest BCUT2D eigenvalue weighted by Crippen LogP contribution is 2.45. The average molecular weight is 578 g/mol. The lowest BCUT2D eigenvalue weighted by Crippen LogP contribution is -2.29. The van der Waals surface area contributed by atoms with Crippen molar-refractivity contribution < 1.29 is 28.2 Å². The fourth-order valence-corrected chi connectivity index (χ4v) is 6.65. The van der Waals surface area contributed by atoms with Gasteiger partial charge in [-0.3, -0.25) is 14.5 Å². The number of nitrogens with zero attached hydrogens (tertiary/aromatic N) is 3. The van der Waals surface area contributed by atoms with Crippen molar-refractivity contribution >= 4 is 45.7 Å². The van der Waals surface area contributed by atoms with Gasteiger partial charge in [0, 0.05) is 23.3 Å². The number of carbonyl (C=O) groups is 2. The molecule has 11 heteroatoms. The number of ether oxygens (including phenoxy) is 1. The molecule has 1 saturated heterocycles. The van der Waals surface area contributed by atoms with E-state index >= 15 is 4.39 Å². The zero-order valence-electron chi connectivity index (χ0n) is 21.0. The van der Waals surface area contributed by atoms with Gasteiger partial charge in [-0.15, -0.1) is 10.2 Å². The quantitative estimate of drug-likeness (QED) is 0.0980. The first kappa shape index (κ1) is 26.1. The Balaban J connectivity index is 1.39. The zero-order valence-corrected chi connectivity index (χ0v) is 22.6. The van der Waals surface area contributed by atoms with E-state index in [9.17, 15) is 19.1 Å². The second-order valence-corrected chi connectivity index (χ2v) is 11.6. The van der Waals surface area contributed by atoms with Gasteiger partial charge in [-0.25, -0.2) is 8.78 Å². The Morgan fingerprint density at radius 1 is 1.10 bits per heavy atom. The van der Waals surface area contributed by atoms with Crippen LogP contribution >= 0.6 is 23.1 Å². The van der Waals surface area contributed by atoms with Gasteiger partial charge in [-0.1, -0.05) is 53.4 Å². The van der Waals surface area contributed by atoms with Crippen molar-refractivity contribution in [3.8, 4) is 5.75 Å². The average Bonchev–Trinajstić information content (AvgIpc) is 3.63. The molecule has 40 heavy (non-hydrogen) atoms. The van der Waals surface area contributed by atoms with Gasteiger partial charge >= 0.3 is 5.91 Å². The number of Topliss-reactive ketones (excluding diaryl/α,β-unsaturated/α-hetero) is 1. The molecule has 2 aliphatic heterocycles. The van der Waals surface area contributed by atoms with Crippen LogP contribution in [0.3, 0.4) is 0 Å². The zero-order chi connectivity index (χ0) is 28.0. The Hall–Kier alpha value is -4.09. The first-order valence-electron chi connectivity index (χ1n) is 12.4. The smallest absolute Gasteiger partial charge is 0.301 e. The van der Waals surface area contributed by atoms with E-state index in [1.54, 1.807) is 36.4 Å². The Labute approximate surface area is 236 Å². The van der Waals surface area contributed by atoms with E-state index in [-0.39, 0.29) is 28.2 Å². The molecule has 3 aromatic carbocycles. The number of ketones is 1. The van der Waals surface area contributed by atoms with Crippen LogP contribution in [0.1, 0.15) is 35.2 Å². The van der Waals surface area contributed by atoms with Crippen LogP contribution < -0.4 is 9.64 Å². The monoisotopic (exact) mass is 577 g/mol. The van der Waals surface area contributed by atoms with E-state index in [1.165, 1.54) is 42.1 Å². The van der Waals surface area contributed by atoms with Crippen LogP contribution in [0.2, 0.25) is 0 Å². The van der Waals surface area contributed by atoms with Gasteiger partial charge in [0.1, 0.15) is 35.3 Å². The summed E-state index contributed by atoms with van der Waals surface area (Å²) in [5.41, 5.74) is 1.85. The van der Waals surface area contributed by atoms with Gasteiger partial charge in [0.15, 0.2) is 4.34 Å². The lowest BCUT2D eigenvalue weighted by molar-refractivity contribution is -0.132. The molecule has 1 amide bonds. The molecule has 6 rings (SSSR count). The van der Waals surface area contributed by atoms with Gasteiger partial charge in [0.25, 0.3) is 5.78 Å². The van der Waals surface area contributed by atoms with E-state index in [0.717, 1.165) is 27.4 Å². The lowest BCUT2D eigenvalue weighted by Gasteiger charge is -2.22. The minimum atomic E-state index is -1.26. The van der Waals surface area contributed by atoms with Gasteiger partial charge in [0.2, 0.25) is 5.13 Å². The minimum absolute atomic E-state index is 0.0242. The van der Waals surface area contributed by atoms with Crippen LogP contribution in [0.15, 0.2) is 76.6 Å². The summed E-state index contributed by atoms with van der Waals surface area (Å²) in [6.07, 6.45) is 0.605. The number of rotatable bonds is 6. The predicted molar refractivity (Wildman–Crippen MR) is 147 cm³/mol. The molecular formula is C29H21F2N3O4S2. The Bertz CT molecular complexity index is 1670. The van der Waals surface area contributed by atoms with E-state index in [1.807, 2.05) is 6.92 Å². The fraction of sp³-hybridized carbons (Fsp3) is 0.172. The molecule has 1 N–H and O–H groups in total. The molecule has 0 unspecified atom stereocenters. The van der Waals surface area contributed by atoms with Crippen molar-refractivity contribution in [2.75, 3.05) is 4.90 Å². The highest BCUT2D eigenvalue weighted by Gasteiger charge is 2.49. The van der Waals surface area contributed by atoms with Crippen LogP contribution in [0.25, 0.3) is 5.76 Å². The number of anilines is 1. The van der Waals surface area contributed by atoms with Crippen molar-refractivity contribution in [2.45, 2.75) is 35.6 Å². The van der Waals surface area contributed by atoms with Crippen molar-refractivity contribution in [2.24, 2.45) is 0 Å². The highest BCUT2D eigenvalue weighted by molar-refractivity contribution is 8.00. The highest BCUT2D eigenvalue weighted by atomic mass is 32.2. The first-order valence-corrected chi connectivity index (χ1v) is 14.2. The van der Waals surface area contributed by atoms with Crippen molar-refractivity contribution in [1.29, 1.82) is 0 Å². The summed E-state index contributed by atoms with van der Waals surface area (Å²) in [6.45, 7) is 1.93. The maximum absolute atomic E-state index is 15.2. The Morgan fingerprint density at radius 2 is 1.88 bits per heavy atom. The molecule has 1 fully saturated rings. The number of benzene rings is 3. The van der Waals surface area contributed by atoms with Gasteiger partial charge in [0.05, 0.1) is 5.57 Å². The van der Waals surface area contributed by atoms with Crippen molar-refractivity contribution in [1.82, 2.24) is 10.2 Å². The van der Waals surface area contributed by atoms with Crippen LogP contribution in [-0.2, 0) is 21.8 Å². The van der Waals surface area contributed by atoms with Crippen molar-refractivity contribution in [3.63, 3.8) is 0 Å². The fourth-order valence-electron chi connectivity index (χ4n) is 4.83. The van der Waals surface area contributed by atoms with E-state index in [2.05, 4.69) is 10.2 Å².